The molecule has 0 saturated carbocycles. The van der Waals surface area contributed by atoms with E-state index >= 15 is 0 Å². The number of pyridine rings is 1. The fourth-order valence-electron chi connectivity index (χ4n) is 5.86. The number of carbonyl (C=O) groups excluding carboxylic acids is 3. The third kappa shape index (κ3) is 5.95. The van der Waals surface area contributed by atoms with Crippen LogP contribution in [0.5, 0.6) is 0 Å². The standard InChI is InChI=1S/C26H39N5O3/c1-19-6-7-21(15-27-19)17-30-13-10-26(11-14-30)9-4-3-5-22-18-31(20(2)32)12-8-23(22)29-24(33)16-28-25(26)34/h6-7,15,22-23H,3-5,8-14,16-18H2,1-2H3,(H,28,34)(H,29,33)/t22-,23+/m0/s1. The van der Waals surface area contributed by atoms with Crippen LogP contribution >= 0.6 is 0 Å². The quantitative estimate of drug-likeness (QED) is 0.691. The molecule has 3 saturated heterocycles. The first-order valence-electron chi connectivity index (χ1n) is 12.8. The van der Waals surface area contributed by atoms with Crippen LogP contribution in [0.1, 0.15) is 63.1 Å². The Morgan fingerprint density at radius 3 is 2.62 bits per heavy atom. The molecule has 3 aliphatic heterocycles. The monoisotopic (exact) mass is 469 g/mol. The fraction of sp³-hybridized carbons (Fsp3) is 0.692. The summed E-state index contributed by atoms with van der Waals surface area (Å²) in [6.45, 7) is 7.61. The van der Waals surface area contributed by atoms with Gasteiger partial charge in [-0.2, -0.15) is 0 Å². The zero-order chi connectivity index (χ0) is 24.1. The van der Waals surface area contributed by atoms with Crippen LogP contribution in [-0.4, -0.2) is 71.3 Å². The molecule has 8 heteroatoms. The summed E-state index contributed by atoms with van der Waals surface area (Å²) in [4.78, 5) is 46.5. The van der Waals surface area contributed by atoms with Crippen LogP contribution < -0.4 is 10.6 Å². The van der Waals surface area contributed by atoms with Gasteiger partial charge in [-0.3, -0.25) is 24.3 Å². The molecule has 3 aliphatic rings. The van der Waals surface area contributed by atoms with E-state index in [-0.39, 0.29) is 36.2 Å². The van der Waals surface area contributed by atoms with Gasteiger partial charge < -0.3 is 15.5 Å². The lowest BCUT2D eigenvalue weighted by molar-refractivity contribution is -0.137. The zero-order valence-corrected chi connectivity index (χ0v) is 20.6. The number of carbonyl (C=O) groups is 3. The number of aryl methyl sites for hydroxylation is 1. The molecule has 0 bridgehead atoms. The van der Waals surface area contributed by atoms with Crippen molar-refractivity contribution in [1.29, 1.82) is 0 Å². The molecule has 3 fully saturated rings. The summed E-state index contributed by atoms with van der Waals surface area (Å²) in [7, 11) is 0. The van der Waals surface area contributed by atoms with Crippen molar-refractivity contribution in [2.75, 3.05) is 32.7 Å². The number of nitrogens with one attached hydrogen (secondary N) is 2. The van der Waals surface area contributed by atoms with Gasteiger partial charge in [0.15, 0.2) is 0 Å². The molecule has 186 valence electrons. The predicted octanol–water partition coefficient (Wildman–Crippen LogP) is 2.02. The number of nitrogens with zero attached hydrogens (tertiary/aromatic N) is 3. The number of amides is 3. The smallest absolute Gasteiger partial charge is 0.239 e. The molecule has 1 spiro atoms. The lowest BCUT2D eigenvalue weighted by Crippen LogP contribution is -2.55. The average Bonchev–Trinajstić information content (AvgIpc) is 2.83. The molecule has 34 heavy (non-hydrogen) atoms. The Morgan fingerprint density at radius 2 is 1.91 bits per heavy atom. The minimum Gasteiger partial charge on any atom is -0.351 e. The number of fused-ring (bicyclic) bond motifs is 1. The van der Waals surface area contributed by atoms with Gasteiger partial charge in [0.1, 0.15) is 0 Å². The summed E-state index contributed by atoms with van der Waals surface area (Å²) < 4.78 is 0. The van der Waals surface area contributed by atoms with Gasteiger partial charge in [-0.15, -0.1) is 0 Å². The van der Waals surface area contributed by atoms with Crippen LogP contribution in [0.2, 0.25) is 0 Å². The Kier molecular flexibility index (Phi) is 7.86. The Hall–Kier alpha value is -2.48. The summed E-state index contributed by atoms with van der Waals surface area (Å²) in [5, 5.41) is 6.10. The normalized spacial score (nSPS) is 26.6. The fourth-order valence-corrected chi connectivity index (χ4v) is 5.86. The van der Waals surface area contributed by atoms with E-state index in [0.29, 0.717) is 13.1 Å². The Bertz CT molecular complexity index is 879. The van der Waals surface area contributed by atoms with Gasteiger partial charge in [0.2, 0.25) is 17.7 Å². The van der Waals surface area contributed by atoms with E-state index in [4.69, 9.17) is 0 Å². The zero-order valence-electron chi connectivity index (χ0n) is 20.6. The van der Waals surface area contributed by atoms with Gasteiger partial charge in [0.25, 0.3) is 0 Å². The van der Waals surface area contributed by atoms with Crippen molar-refractivity contribution >= 4 is 17.7 Å². The lowest BCUT2D eigenvalue weighted by atomic mass is 9.73. The minimum absolute atomic E-state index is 0.0268. The van der Waals surface area contributed by atoms with E-state index in [2.05, 4.69) is 26.6 Å². The molecule has 8 nitrogen and oxygen atoms in total. The van der Waals surface area contributed by atoms with Crippen LogP contribution in [0.3, 0.4) is 0 Å². The van der Waals surface area contributed by atoms with Crippen LogP contribution in [-0.2, 0) is 20.9 Å². The van der Waals surface area contributed by atoms with Crippen molar-refractivity contribution in [3.05, 3.63) is 29.6 Å². The first-order valence-corrected chi connectivity index (χ1v) is 12.8. The molecule has 0 aromatic carbocycles. The molecular formula is C26H39N5O3. The molecular weight excluding hydrogens is 430 g/mol. The molecule has 2 atom stereocenters. The second kappa shape index (κ2) is 10.8. The molecule has 0 aliphatic carbocycles. The third-order valence-corrected chi connectivity index (χ3v) is 8.09. The SMILES string of the molecule is CC(=O)N1CC[C@H]2NC(=O)CNC(=O)C3(CCCC[C@H]2C1)CCN(Cc1ccc(C)nc1)CC3. The van der Waals surface area contributed by atoms with Crippen LogP contribution in [0.25, 0.3) is 0 Å². The number of likely N-dealkylation sites (tertiary alicyclic amines) is 2. The van der Waals surface area contributed by atoms with Gasteiger partial charge in [-0.1, -0.05) is 18.9 Å². The number of aromatic nitrogens is 1. The number of rotatable bonds is 2. The molecule has 0 radical (unpaired) electrons. The van der Waals surface area contributed by atoms with Crippen molar-refractivity contribution in [3.8, 4) is 0 Å². The maximum atomic E-state index is 13.3. The van der Waals surface area contributed by atoms with E-state index in [0.717, 1.165) is 70.3 Å². The van der Waals surface area contributed by atoms with E-state index in [1.165, 1.54) is 5.56 Å². The van der Waals surface area contributed by atoms with Crippen molar-refractivity contribution < 1.29 is 14.4 Å². The van der Waals surface area contributed by atoms with Gasteiger partial charge in [-0.25, -0.2) is 0 Å². The van der Waals surface area contributed by atoms with Crippen molar-refractivity contribution in [1.82, 2.24) is 25.4 Å². The first-order chi connectivity index (χ1) is 16.3. The van der Waals surface area contributed by atoms with Gasteiger partial charge in [0, 0.05) is 44.5 Å². The predicted molar refractivity (Wildman–Crippen MR) is 130 cm³/mol. The summed E-state index contributed by atoms with van der Waals surface area (Å²) in [6, 6.07) is 4.24. The van der Waals surface area contributed by atoms with Crippen molar-refractivity contribution in [2.45, 2.75) is 71.4 Å². The van der Waals surface area contributed by atoms with Crippen molar-refractivity contribution in [3.63, 3.8) is 0 Å². The summed E-state index contributed by atoms with van der Waals surface area (Å²) in [5.41, 5.74) is 1.81. The molecule has 0 unspecified atom stereocenters. The van der Waals surface area contributed by atoms with E-state index in [9.17, 15) is 14.4 Å². The molecule has 4 rings (SSSR count). The summed E-state index contributed by atoms with van der Waals surface area (Å²) in [5.74, 6) is 0.287. The highest BCUT2D eigenvalue weighted by Gasteiger charge is 2.41. The number of piperidine rings is 2. The number of hydrogen-bond acceptors (Lipinski definition) is 5. The van der Waals surface area contributed by atoms with Crippen LogP contribution in [0, 0.1) is 18.3 Å². The molecule has 4 heterocycles. The highest BCUT2D eigenvalue weighted by atomic mass is 16.2. The molecule has 1 aromatic rings. The van der Waals surface area contributed by atoms with Crippen LogP contribution in [0.15, 0.2) is 18.3 Å². The Balaban J connectivity index is 1.38. The van der Waals surface area contributed by atoms with Crippen molar-refractivity contribution in [2.24, 2.45) is 11.3 Å². The van der Waals surface area contributed by atoms with E-state index in [1.807, 2.05) is 24.1 Å². The summed E-state index contributed by atoms with van der Waals surface area (Å²) in [6.07, 6.45) is 8.16. The van der Waals surface area contributed by atoms with E-state index < -0.39 is 5.41 Å². The topological polar surface area (TPSA) is 94.6 Å². The van der Waals surface area contributed by atoms with Gasteiger partial charge in [0.05, 0.1) is 12.0 Å². The highest BCUT2D eigenvalue weighted by Crippen LogP contribution is 2.38. The third-order valence-electron chi connectivity index (χ3n) is 8.09. The number of hydrogen-bond donors (Lipinski definition) is 2. The molecule has 2 N–H and O–H groups in total. The maximum absolute atomic E-state index is 13.3. The molecule has 1 aromatic heterocycles. The van der Waals surface area contributed by atoms with E-state index in [1.54, 1.807) is 6.92 Å². The molecule has 3 amide bonds. The Labute approximate surface area is 202 Å². The highest BCUT2D eigenvalue weighted by molar-refractivity contribution is 5.88. The van der Waals surface area contributed by atoms with Crippen LogP contribution in [0.4, 0.5) is 0 Å². The lowest BCUT2D eigenvalue weighted by Gasteiger charge is -2.42. The average molecular weight is 470 g/mol. The first kappa shape index (κ1) is 24.6. The second-order valence-electron chi connectivity index (χ2n) is 10.5. The Morgan fingerprint density at radius 1 is 1.12 bits per heavy atom. The van der Waals surface area contributed by atoms with Gasteiger partial charge >= 0.3 is 0 Å². The van der Waals surface area contributed by atoms with Gasteiger partial charge in [-0.05, 0) is 69.7 Å². The largest absolute Gasteiger partial charge is 0.351 e. The minimum atomic E-state index is -0.404. The maximum Gasteiger partial charge on any atom is 0.239 e. The summed E-state index contributed by atoms with van der Waals surface area (Å²) >= 11 is 0. The second-order valence-corrected chi connectivity index (χ2v) is 10.5.